The molecule has 0 radical (unpaired) electrons. The number of nitrogens with zero attached hydrogens (tertiary/aromatic N) is 3. The van der Waals surface area contributed by atoms with Crippen LogP contribution in [0.25, 0.3) is 0 Å². The predicted molar refractivity (Wildman–Crippen MR) is 133 cm³/mol. The molecule has 33 heavy (non-hydrogen) atoms. The first kappa shape index (κ1) is 26.4. The van der Waals surface area contributed by atoms with Gasteiger partial charge in [-0.1, -0.05) is 13.8 Å². The minimum atomic E-state index is -0.324. The number of methoxy groups -OCH3 is 1. The lowest BCUT2D eigenvalue weighted by atomic mass is 9.96. The number of rotatable bonds is 7. The van der Waals surface area contributed by atoms with Crippen molar-refractivity contribution in [2.24, 2.45) is 5.92 Å². The Labute approximate surface area is 196 Å². The van der Waals surface area contributed by atoms with E-state index in [2.05, 4.69) is 38.9 Å². The largest absolute Gasteiger partial charge is 0.388 e. The topological polar surface area (TPSA) is 81.6 Å². The first-order valence-electron chi connectivity index (χ1n) is 11.1. The van der Waals surface area contributed by atoms with Crippen LogP contribution >= 0.6 is 0 Å². The molecule has 0 aliphatic carbocycles. The third-order valence-electron chi connectivity index (χ3n) is 5.63. The fraction of sp³-hybridized carbons (Fsp3) is 0.480. The van der Waals surface area contributed by atoms with Crippen molar-refractivity contribution in [2.75, 3.05) is 51.6 Å². The molecule has 1 saturated heterocycles. The van der Waals surface area contributed by atoms with E-state index < -0.39 is 0 Å². The average molecular weight is 458 g/mol. The number of halogens is 1. The van der Waals surface area contributed by atoms with Crippen molar-refractivity contribution < 1.29 is 13.9 Å². The van der Waals surface area contributed by atoms with E-state index in [0.717, 1.165) is 37.9 Å². The van der Waals surface area contributed by atoms with Crippen LogP contribution in [0.5, 0.6) is 0 Å². The van der Waals surface area contributed by atoms with E-state index in [1.807, 2.05) is 13.8 Å². The summed E-state index contributed by atoms with van der Waals surface area (Å²) in [4.78, 5) is 20.6. The third-order valence-corrected chi connectivity index (χ3v) is 5.63. The Morgan fingerprint density at radius 2 is 1.82 bits per heavy atom. The molecule has 1 aliphatic heterocycles. The Morgan fingerprint density at radius 3 is 2.30 bits per heavy atom. The summed E-state index contributed by atoms with van der Waals surface area (Å²) in [5, 5.41) is 12.0. The number of benzene rings is 1. The summed E-state index contributed by atoms with van der Waals surface area (Å²) in [6.07, 6.45) is 2.76. The molecule has 2 heterocycles. The van der Waals surface area contributed by atoms with Gasteiger partial charge in [-0.25, -0.2) is 9.37 Å². The lowest BCUT2D eigenvalue weighted by Gasteiger charge is -2.38. The zero-order chi connectivity index (χ0) is 24.5. The van der Waals surface area contributed by atoms with Gasteiger partial charge in [0.1, 0.15) is 17.3 Å². The van der Waals surface area contributed by atoms with Crippen molar-refractivity contribution in [1.82, 2.24) is 9.88 Å². The molecule has 0 spiro atoms. The predicted octanol–water partition coefficient (Wildman–Crippen LogP) is 4.59. The number of anilines is 3. The highest BCUT2D eigenvalue weighted by Crippen LogP contribution is 2.33. The Kier molecular flexibility index (Phi) is 9.94. The van der Waals surface area contributed by atoms with Crippen molar-refractivity contribution in [3.8, 4) is 0 Å². The van der Waals surface area contributed by atoms with Gasteiger partial charge in [-0.15, -0.1) is 0 Å². The second-order valence-corrected chi connectivity index (χ2v) is 8.70. The highest BCUT2D eigenvalue weighted by molar-refractivity contribution is 6.09. The molecule has 0 bridgehead atoms. The van der Waals surface area contributed by atoms with Crippen LogP contribution in [0.1, 0.15) is 42.7 Å². The fourth-order valence-electron chi connectivity index (χ4n) is 3.80. The van der Waals surface area contributed by atoms with Crippen molar-refractivity contribution in [2.45, 2.75) is 32.7 Å². The number of aldehydes is 1. The molecule has 0 unspecified atom stereocenters. The summed E-state index contributed by atoms with van der Waals surface area (Å²) >= 11 is 0. The van der Waals surface area contributed by atoms with Gasteiger partial charge >= 0.3 is 0 Å². The molecule has 1 aliphatic rings. The van der Waals surface area contributed by atoms with Crippen molar-refractivity contribution in [1.29, 1.82) is 5.41 Å². The molecule has 0 saturated carbocycles. The minimum Gasteiger partial charge on any atom is -0.388 e. The molecule has 8 heteroatoms. The van der Waals surface area contributed by atoms with Gasteiger partial charge in [0.25, 0.3) is 0 Å². The molecule has 1 aromatic carbocycles. The first-order chi connectivity index (χ1) is 15.7. The summed E-state index contributed by atoms with van der Waals surface area (Å²) in [6, 6.07) is 8.29. The van der Waals surface area contributed by atoms with Crippen LogP contribution in [0.3, 0.4) is 0 Å². The second kappa shape index (κ2) is 12.4. The molecule has 3 rings (SSSR count). The fourth-order valence-corrected chi connectivity index (χ4v) is 3.80. The highest BCUT2D eigenvalue weighted by Gasteiger charge is 2.27. The van der Waals surface area contributed by atoms with E-state index in [1.165, 1.54) is 12.1 Å². The van der Waals surface area contributed by atoms with Gasteiger partial charge in [0.05, 0.1) is 11.3 Å². The van der Waals surface area contributed by atoms with Crippen molar-refractivity contribution in [3.05, 3.63) is 47.4 Å². The van der Waals surface area contributed by atoms with E-state index in [0.29, 0.717) is 34.5 Å². The van der Waals surface area contributed by atoms with E-state index in [9.17, 15) is 9.18 Å². The second-order valence-electron chi connectivity index (χ2n) is 8.70. The van der Waals surface area contributed by atoms with Crippen LogP contribution in [0, 0.1) is 17.1 Å². The Bertz CT molecular complexity index is 923. The smallest absolute Gasteiger partial charge is 0.168 e. The Hall–Kier alpha value is -2.84. The first-order valence-corrected chi connectivity index (χ1v) is 11.1. The van der Waals surface area contributed by atoms with Gasteiger partial charge in [-0.3, -0.25) is 4.79 Å². The monoisotopic (exact) mass is 457 g/mol. The quantitative estimate of drug-likeness (QED) is 0.467. The van der Waals surface area contributed by atoms with Gasteiger partial charge in [0.15, 0.2) is 6.29 Å². The normalized spacial score (nSPS) is 14.2. The summed E-state index contributed by atoms with van der Waals surface area (Å²) < 4.78 is 17.6. The van der Waals surface area contributed by atoms with Crippen LogP contribution in [0.4, 0.5) is 21.6 Å². The van der Waals surface area contributed by atoms with Gasteiger partial charge in [0.2, 0.25) is 0 Å². The molecule has 0 atom stereocenters. The number of nitrogens with one attached hydrogen (secondary N) is 2. The summed E-state index contributed by atoms with van der Waals surface area (Å²) in [7, 11) is 7.45. The summed E-state index contributed by atoms with van der Waals surface area (Å²) in [6.45, 7) is 5.64. The number of aromatic nitrogens is 1. The third kappa shape index (κ3) is 7.07. The van der Waals surface area contributed by atoms with Crippen molar-refractivity contribution >= 4 is 29.2 Å². The number of carbonyl (C=O) groups is 1. The number of ether oxygens (including phenoxy) is 1. The van der Waals surface area contributed by atoms with Gasteiger partial charge in [-0.2, -0.15) is 0 Å². The molecule has 180 valence electrons. The van der Waals surface area contributed by atoms with Crippen LogP contribution < -0.4 is 10.2 Å². The molecule has 2 N–H and O–H groups in total. The SMILES string of the molecule is CC(C)C(=N)c1c(N2CCC(N(C)C)CC2)cc(C=O)nc1Nc1ccc(F)cc1.COC. The Balaban J connectivity index is 0.00000122. The van der Waals surface area contributed by atoms with Crippen molar-refractivity contribution in [3.63, 3.8) is 0 Å². The van der Waals surface area contributed by atoms with E-state index in [4.69, 9.17) is 5.41 Å². The number of carbonyl (C=O) groups excluding carboxylic acids is 1. The van der Waals surface area contributed by atoms with E-state index >= 15 is 0 Å². The lowest BCUT2D eigenvalue weighted by molar-refractivity contribution is 0.111. The van der Waals surface area contributed by atoms with Gasteiger partial charge in [-0.05, 0) is 63.2 Å². The molecule has 1 aromatic heterocycles. The van der Waals surface area contributed by atoms with Crippen LogP contribution in [-0.4, -0.2) is 69.3 Å². The number of hydrogen-bond acceptors (Lipinski definition) is 7. The van der Waals surface area contributed by atoms with Gasteiger partial charge < -0.3 is 25.3 Å². The molecular weight excluding hydrogens is 421 g/mol. The zero-order valence-electron chi connectivity index (χ0n) is 20.5. The summed E-state index contributed by atoms with van der Waals surface area (Å²) in [5.74, 6) is 0.116. The number of pyridine rings is 1. The maximum atomic E-state index is 13.3. The standard InChI is InChI=1S/C23H30FN5O.C2H6O/c1-15(2)22(25)21-20(29-11-9-19(10-12-29)28(3)4)13-18(14-30)27-23(21)26-17-7-5-16(24)6-8-17;1-3-2/h5-8,13-15,19,25H,9-12H2,1-4H3,(H,26,27);1-2H3. The van der Waals surface area contributed by atoms with Crippen LogP contribution in [0.15, 0.2) is 30.3 Å². The van der Waals surface area contributed by atoms with E-state index in [-0.39, 0.29) is 11.7 Å². The van der Waals surface area contributed by atoms with Crippen LogP contribution in [0.2, 0.25) is 0 Å². The maximum absolute atomic E-state index is 13.3. The average Bonchev–Trinajstić information content (AvgIpc) is 2.80. The molecule has 7 nitrogen and oxygen atoms in total. The number of hydrogen-bond donors (Lipinski definition) is 2. The molecule has 2 aromatic rings. The number of piperidine rings is 1. The highest BCUT2D eigenvalue weighted by atomic mass is 19.1. The van der Waals surface area contributed by atoms with Gasteiger partial charge in [0, 0.05) is 44.8 Å². The molecule has 1 fully saturated rings. The van der Waals surface area contributed by atoms with Crippen LogP contribution in [-0.2, 0) is 4.74 Å². The summed E-state index contributed by atoms with van der Waals surface area (Å²) in [5.41, 5.74) is 2.97. The Morgan fingerprint density at radius 1 is 1.24 bits per heavy atom. The lowest BCUT2D eigenvalue weighted by Crippen LogP contribution is -2.42. The maximum Gasteiger partial charge on any atom is 0.168 e. The molecule has 0 amide bonds. The molecular formula is C25H36FN5O2. The van der Waals surface area contributed by atoms with E-state index in [1.54, 1.807) is 32.4 Å². The zero-order valence-corrected chi connectivity index (χ0v) is 20.5. The minimum absolute atomic E-state index is 0.0132.